The van der Waals surface area contributed by atoms with E-state index in [1.54, 1.807) is 24.3 Å². The second-order valence-electron chi connectivity index (χ2n) is 5.45. The first-order chi connectivity index (χ1) is 11.5. The van der Waals surface area contributed by atoms with E-state index in [1.165, 1.54) is 13.2 Å². The van der Waals surface area contributed by atoms with Crippen LogP contribution in [0.15, 0.2) is 42.5 Å². The number of hydrogen-bond acceptors (Lipinski definition) is 2. The standard InChI is InChI=1S/C18H20ClFN2O2/c1-3-22(11-13-8-9-17(24-2)15(20)10-13)12-18(23)21-16-7-5-4-6-14(16)19/h4-10H,3,11-12H2,1-2H3,(H,21,23)/p+1. The fourth-order valence-electron chi connectivity index (χ4n) is 2.41. The van der Waals surface area contributed by atoms with Gasteiger partial charge in [0.25, 0.3) is 5.91 Å². The number of anilines is 1. The van der Waals surface area contributed by atoms with E-state index < -0.39 is 5.82 Å². The minimum absolute atomic E-state index is 0.131. The highest BCUT2D eigenvalue weighted by atomic mass is 35.5. The van der Waals surface area contributed by atoms with Crippen LogP contribution in [0.25, 0.3) is 0 Å². The molecule has 4 nitrogen and oxygen atoms in total. The van der Waals surface area contributed by atoms with Gasteiger partial charge in [0.2, 0.25) is 0 Å². The molecule has 1 amide bonds. The Morgan fingerprint density at radius 2 is 2.04 bits per heavy atom. The van der Waals surface area contributed by atoms with Crippen LogP contribution in [0.1, 0.15) is 12.5 Å². The zero-order valence-electron chi connectivity index (χ0n) is 13.7. The molecule has 0 aliphatic rings. The number of halogens is 2. The van der Waals surface area contributed by atoms with Crippen LogP contribution < -0.4 is 15.0 Å². The predicted molar refractivity (Wildman–Crippen MR) is 93.1 cm³/mol. The average molecular weight is 352 g/mol. The number of methoxy groups -OCH3 is 1. The van der Waals surface area contributed by atoms with Gasteiger partial charge in [0.15, 0.2) is 18.1 Å². The summed E-state index contributed by atoms with van der Waals surface area (Å²) in [7, 11) is 1.43. The monoisotopic (exact) mass is 351 g/mol. The summed E-state index contributed by atoms with van der Waals surface area (Å²) in [5, 5.41) is 3.31. The Labute approximate surface area is 146 Å². The highest BCUT2D eigenvalue weighted by Gasteiger charge is 2.15. The second kappa shape index (κ2) is 8.66. The van der Waals surface area contributed by atoms with Crippen molar-refractivity contribution >= 4 is 23.2 Å². The topological polar surface area (TPSA) is 42.8 Å². The van der Waals surface area contributed by atoms with Gasteiger partial charge < -0.3 is 15.0 Å². The number of hydrogen-bond donors (Lipinski definition) is 2. The molecule has 0 bridgehead atoms. The third-order valence-corrected chi connectivity index (χ3v) is 4.06. The molecule has 2 rings (SSSR count). The van der Waals surface area contributed by atoms with Crippen LogP contribution in [0, 0.1) is 5.82 Å². The van der Waals surface area contributed by atoms with Gasteiger partial charge in [0.05, 0.1) is 24.4 Å². The van der Waals surface area contributed by atoms with Crippen LogP contribution >= 0.6 is 11.6 Å². The number of quaternary nitrogens is 1. The number of carbonyl (C=O) groups excluding carboxylic acids is 1. The highest BCUT2D eigenvalue weighted by Crippen LogP contribution is 2.20. The number of benzene rings is 2. The molecule has 0 spiro atoms. The van der Waals surface area contributed by atoms with Crippen molar-refractivity contribution in [3.8, 4) is 5.75 Å². The third kappa shape index (κ3) is 4.94. The fourth-order valence-corrected chi connectivity index (χ4v) is 2.59. The molecule has 2 N–H and O–H groups in total. The number of likely N-dealkylation sites (N-methyl/N-ethyl adjacent to an activating group) is 1. The van der Waals surface area contributed by atoms with Crippen molar-refractivity contribution in [2.24, 2.45) is 0 Å². The lowest BCUT2D eigenvalue weighted by molar-refractivity contribution is -0.903. The van der Waals surface area contributed by atoms with Gasteiger partial charge in [-0.2, -0.15) is 0 Å². The molecule has 6 heteroatoms. The number of nitrogens with one attached hydrogen (secondary N) is 2. The molecule has 0 saturated carbocycles. The Hall–Kier alpha value is -2.11. The van der Waals surface area contributed by atoms with Crippen molar-refractivity contribution in [1.29, 1.82) is 0 Å². The number of rotatable bonds is 7. The number of carbonyl (C=O) groups is 1. The first-order valence-corrected chi connectivity index (χ1v) is 8.11. The largest absolute Gasteiger partial charge is 0.494 e. The third-order valence-electron chi connectivity index (χ3n) is 3.73. The quantitative estimate of drug-likeness (QED) is 0.805. The van der Waals surface area contributed by atoms with E-state index in [0.717, 1.165) is 17.0 Å². The molecule has 0 aromatic heterocycles. The first-order valence-electron chi connectivity index (χ1n) is 7.73. The summed E-state index contributed by atoms with van der Waals surface area (Å²) in [6.07, 6.45) is 0. The van der Waals surface area contributed by atoms with Crippen LogP contribution in [0.3, 0.4) is 0 Å². The molecule has 0 heterocycles. The Kier molecular flexibility index (Phi) is 6.58. The summed E-state index contributed by atoms with van der Waals surface area (Å²) in [5.74, 6) is -0.312. The Morgan fingerprint density at radius 3 is 2.67 bits per heavy atom. The summed E-state index contributed by atoms with van der Waals surface area (Å²) in [6.45, 7) is 3.55. The summed E-state index contributed by atoms with van der Waals surface area (Å²) >= 11 is 6.04. The molecule has 0 aliphatic heterocycles. The van der Waals surface area contributed by atoms with Crippen molar-refractivity contribution in [3.05, 3.63) is 58.9 Å². The summed E-state index contributed by atoms with van der Waals surface area (Å²) in [6, 6.07) is 11.9. The van der Waals surface area contributed by atoms with Crippen molar-refractivity contribution < 1.29 is 18.8 Å². The van der Waals surface area contributed by atoms with Gasteiger partial charge in [-0.1, -0.05) is 23.7 Å². The van der Waals surface area contributed by atoms with Crippen LogP contribution in [-0.2, 0) is 11.3 Å². The fraction of sp³-hybridized carbons (Fsp3) is 0.278. The lowest BCUT2D eigenvalue weighted by Crippen LogP contribution is -3.11. The van der Waals surface area contributed by atoms with E-state index in [1.807, 2.05) is 19.1 Å². The normalized spacial score (nSPS) is 11.8. The summed E-state index contributed by atoms with van der Waals surface area (Å²) in [5.41, 5.74) is 1.41. The zero-order chi connectivity index (χ0) is 17.5. The van der Waals surface area contributed by atoms with Crippen LogP contribution in [0.2, 0.25) is 5.02 Å². The van der Waals surface area contributed by atoms with Crippen molar-refractivity contribution in [3.63, 3.8) is 0 Å². The molecule has 2 aromatic rings. The van der Waals surface area contributed by atoms with E-state index in [2.05, 4.69) is 5.32 Å². The molecule has 1 unspecified atom stereocenters. The molecule has 0 aliphatic carbocycles. The molecule has 0 fully saturated rings. The van der Waals surface area contributed by atoms with Crippen LogP contribution in [0.4, 0.5) is 10.1 Å². The van der Waals surface area contributed by atoms with Gasteiger partial charge >= 0.3 is 0 Å². The number of para-hydroxylation sites is 1. The Bertz CT molecular complexity index is 709. The number of ether oxygens (including phenoxy) is 1. The molecule has 2 aromatic carbocycles. The zero-order valence-corrected chi connectivity index (χ0v) is 14.5. The number of amides is 1. The van der Waals surface area contributed by atoms with Gasteiger partial charge in [0, 0.05) is 5.56 Å². The van der Waals surface area contributed by atoms with E-state index in [-0.39, 0.29) is 18.2 Å². The van der Waals surface area contributed by atoms with E-state index >= 15 is 0 Å². The van der Waals surface area contributed by atoms with Crippen LogP contribution in [-0.4, -0.2) is 26.1 Å². The van der Waals surface area contributed by atoms with Crippen molar-refractivity contribution in [2.45, 2.75) is 13.5 Å². The van der Waals surface area contributed by atoms with Gasteiger partial charge in [-0.25, -0.2) is 4.39 Å². The minimum atomic E-state index is -0.397. The summed E-state index contributed by atoms with van der Waals surface area (Å²) < 4.78 is 18.7. The molecular formula is C18H21ClFN2O2+. The van der Waals surface area contributed by atoms with Gasteiger partial charge in [-0.3, -0.25) is 4.79 Å². The average Bonchev–Trinajstić information content (AvgIpc) is 2.56. The molecule has 0 radical (unpaired) electrons. The lowest BCUT2D eigenvalue weighted by atomic mass is 10.2. The lowest BCUT2D eigenvalue weighted by Gasteiger charge is -2.18. The smallest absolute Gasteiger partial charge is 0.279 e. The van der Waals surface area contributed by atoms with Gasteiger partial charge in [-0.15, -0.1) is 0 Å². The maximum atomic E-state index is 13.8. The SMILES string of the molecule is CC[NH+](CC(=O)Nc1ccccc1Cl)Cc1ccc(OC)c(F)c1. The van der Waals surface area contributed by atoms with Crippen LogP contribution in [0.5, 0.6) is 5.75 Å². The van der Waals surface area contributed by atoms with E-state index in [0.29, 0.717) is 17.3 Å². The van der Waals surface area contributed by atoms with Crippen molar-refractivity contribution in [2.75, 3.05) is 25.5 Å². The molecular weight excluding hydrogens is 331 g/mol. The molecule has 1 atom stereocenters. The highest BCUT2D eigenvalue weighted by molar-refractivity contribution is 6.33. The maximum absolute atomic E-state index is 13.8. The molecule has 0 saturated heterocycles. The summed E-state index contributed by atoms with van der Waals surface area (Å²) in [4.78, 5) is 13.2. The van der Waals surface area contributed by atoms with E-state index in [9.17, 15) is 9.18 Å². The predicted octanol–water partition coefficient (Wildman–Crippen LogP) is 2.53. The Morgan fingerprint density at radius 1 is 1.29 bits per heavy atom. The van der Waals surface area contributed by atoms with E-state index in [4.69, 9.17) is 16.3 Å². The first kappa shape index (κ1) is 18.2. The van der Waals surface area contributed by atoms with Crippen molar-refractivity contribution in [1.82, 2.24) is 0 Å². The van der Waals surface area contributed by atoms with Gasteiger partial charge in [0.1, 0.15) is 6.54 Å². The maximum Gasteiger partial charge on any atom is 0.279 e. The molecule has 128 valence electrons. The molecule has 24 heavy (non-hydrogen) atoms. The van der Waals surface area contributed by atoms with Gasteiger partial charge in [-0.05, 0) is 37.3 Å². The Balaban J connectivity index is 1.97. The minimum Gasteiger partial charge on any atom is -0.494 e. The second-order valence-corrected chi connectivity index (χ2v) is 5.86.